The summed E-state index contributed by atoms with van der Waals surface area (Å²) < 4.78 is 142. The van der Waals surface area contributed by atoms with Crippen molar-refractivity contribution in [3.63, 3.8) is 0 Å². The van der Waals surface area contributed by atoms with Gasteiger partial charge in [-0.2, -0.15) is 6.42 Å². The Morgan fingerprint density at radius 3 is 1.22 bits per heavy atom. The van der Waals surface area contributed by atoms with Crippen LogP contribution in [0.3, 0.4) is 0 Å². The summed E-state index contributed by atoms with van der Waals surface area (Å²) in [6.07, 6.45) is 3.01. The van der Waals surface area contributed by atoms with Gasteiger partial charge < -0.3 is 6.32 Å². The Hall–Kier alpha value is -1.64. The van der Waals surface area contributed by atoms with Gasteiger partial charge in [-0.1, -0.05) is 0 Å². The number of piperidine rings is 1. The number of likely N-dealkylation sites (tertiary alicyclic amines) is 1. The van der Waals surface area contributed by atoms with Gasteiger partial charge in [0, 0.05) is 11.1 Å². The molecule has 1 saturated heterocycles. The van der Waals surface area contributed by atoms with Gasteiger partial charge in [-0.05, 0) is 64.4 Å². The van der Waals surface area contributed by atoms with Gasteiger partial charge in [-0.3, -0.25) is 4.90 Å². The molecule has 1 nitrogen and oxygen atoms in total. The Kier molecular flexibility index (Phi) is 9.58. The Balaban J connectivity index is 0.00000481. The van der Waals surface area contributed by atoms with Crippen molar-refractivity contribution in [2.75, 3.05) is 6.54 Å². The Labute approximate surface area is 220 Å². The van der Waals surface area contributed by atoms with Gasteiger partial charge in [0.05, 0.1) is 6.71 Å². The van der Waals surface area contributed by atoms with Crippen molar-refractivity contribution in [3.8, 4) is 0 Å². The van der Waals surface area contributed by atoms with E-state index in [0.29, 0.717) is 0 Å². The monoisotopic (exact) mass is 533 g/mol. The van der Waals surface area contributed by atoms with Crippen LogP contribution in [0.1, 0.15) is 53.4 Å². The summed E-state index contributed by atoms with van der Waals surface area (Å²) in [5.74, 6) is -24.4. The molecule has 198 valence electrons. The number of hydrogen-bond acceptors (Lipinski definition) is 1. The third-order valence-corrected chi connectivity index (χ3v) is 6.90. The fraction of sp³-hybridized carbons (Fsp3) is 0.458. The van der Waals surface area contributed by atoms with Crippen LogP contribution in [0.15, 0.2) is 0 Å². The summed E-state index contributed by atoms with van der Waals surface area (Å²) in [6.45, 7) is 5.36. The molecule has 1 aliphatic rings. The van der Waals surface area contributed by atoms with Crippen LogP contribution in [0.5, 0.6) is 0 Å². The smallest absolute Gasteiger partial charge is 0.339 e. The van der Waals surface area contributed by atoms with E-state index in [0.717, 1.165) is 25.6 Å². The van der Waals surface area contributed by atoms with Gasteiger partial charge in [-0.15, -0.1) is 0 Å². The molecule has 2 aromatic rings. The predicted octanol–water partition coefficient (Wildman–Crippen LogP) is 2.87. The molecule has 37 heavy (non-hydrogen) atoms. The zero-order valence-corrected chi connectivity index (χ0v) is 20.9. The van der Waals surface area contributed by atoms with Crippen molar-refractivity contribution in [1.29, 1.82) is 0 Å². The van der Waals surface area contributed by atoms with E-state index in [1.54, 1.807) is 0 Å². The minimum atomic E-state index is -2.53. The zero-order chi connectivity index (χ0) is 27.3. The van der Waals surface area contributed by atoms with Gasteiger partial charge in [0.15, 0.2) is 58.2 Å². The van der Waals surface area contributed by atoms with Crippen molar-refractivity contribution in [3.05, 3.63) is 64.5 Å². The van der Waals surface area contributed by atoms with Gasteiger partial charge in [-0.25, -0.2) is 43.9 Å². The molecule has 0 aromatic heterocycles. The molecule has 0 N–H and O–H groups in total. The summed E-state index contributed by atoms with van der Waals surface area (Å²) in [7, 11) is 0. The summed E-state index contributed by atoms with van der Waals surface area (Å²) in [6, 6.07) is 0. The molecule has 0 bridgehead atoms. The second-order valence-corrected chi connectivity index (χ2v) is 10.1. The van der Waals surface area contributed by atoms with Crippen LogP contribution in [-0.2, 0) is 0 Å². The van der Waals surface area contributed by atoms with E-state index in [2.05, 4.69) is 0 Å². The van der Waals surface area contributed by atoms with Crippen LogP contribution in [0.4, 0.5) is 43.9 Å². The van der Waals surface area contributed by atoms with Gasteiger partial charge in [0.2, 0.25) is 0 Å². The summed E-state index contributed by atoms with van der Waals surface area (Å²) in [5, 5.41) is 0. The first-order chi connectivity index (χ1) is 16.5. The average Bonchev–Trinajstić information content (AvgIpc) is 2.80. The van der Waals surface area contributed by atoms with E-state index in [-0.39, 0.29) is 42.9 Å². The second kappa shape index (κ2) is 11.2. The van der Waals surface area contributed by atoms with Crippen molar-refractivity contribution < 1.29 is 62.8 Å². The molecule has 0 amide bonds. The molecular weight excluding hydrogens is 510 g/mol. The molecule has 0 atom stereocenters. The van der Waals surface area contributed by atoms with Gasteiger partial charge in [0.1, 0.15) is 0 Å². The van der Waals surface area contributed by atoms with Crippen molar-refractivity contribution >= 4 is 17.6 Å². The molecule has 0 saturated carbocycles. The van der Waals surface area contributed by atoms with Crippen LogP contribution >= 0.6 is 0 Å². The average molecular weight is 533 g/mol. The molecule has 1 heterocycles. The topological polar surface area (TPSA) is 3.24 Å². The van der Waals surface area contributed by atoms with E-state index >= 15 is 0 Å². The summed E-state index contributed by atoms with van der Waals surface area (Å²) >= 11 is 0. The second-order valence-electron chi connectivity index (χ2n) is 10.1. The number of benzene rings is 2. The van der Waals surface area contributed by atoms with Crippen LogP contribution in [0.25, 0.3) is 0 Å². The normalized spacial score (nSPS) is 17.0. The molecular formula is C24H23BF10LiN. The maximum absolute atomic E-state index is 14.7. The zero-order valence-electron chi connectivity index (χ0n) is 20.9. The fourth-order valence-electron chi connectivity index (χ4n) is 5.19. The molecule has 0 spiro atoms. The third-order valence-electron chi connectivity index (χ3n) is 6.90. The molecule has 0 radical (unpaired) electrons. The summed E-state index contributed by atoms with van der Waals surface area (Å²) in [5.41, 5.74) is -4.18. The molecule has 1 fully saturated rings. The maximum atomic E-state index is 14.7. The minimum absolute atomic E-state index is 0. The number of hydrogen-bond donors (Lipinski definition) is 0. The van der Waals surface area contributed by atoms with Crippen molar-refractivity contribution in [2.45, 2.75) is 64.5 Å². The number of halogens is 10. The standard InChI is InChI=1S/C24H23BF10N.Li/c1-23(2)7-5-8-24(3,4)36(23)10-6-9-25(11-13(26)17(30)21(34)18(31)14(11)27)12-15(28)19(32)22(35)20(33)16(12)29;/h9H,5-8,10H2,1-4H3;/q-1;+1. The van der Waals surface area contributed by atoms with Crippen LogP contribution in [0.2, 0.25) is 0 Å². The molecule has 2 aromatic carbocycles. The van der Waals surface area contributed by atoms with E-state index in [9.17, 15) is 43.9 Å². The van der Waals surface area contributed by atoms with Gasteiger partial charge >= 0.3 is 18.9 Å². The maximum Gasteiger partial charge on any atom is 1.00 e. The molecule has 0 unspecified atom stereocenters. The first kappa shape index (κ1) is 31.6. The summed E-state index contributed by atoms with van der Waals surface area (Å²) in [4.78, 5) is 2.01. The number of nitrogens with zero attached hydrogens (tertiary/aromatic N) is 1. The third kappa shape index (κ3) is 5.57. The Morgan fingerprint density at radius 2 is 0.892 bits per heavy atom. The Morgan fingerprint density at radius 1 is 0.595 bits per heavy atom. The molecule has 3 rings (SSSR count). The molecule has 1 aliphatic heterocycles. The van der Waals surface area contributed by atoms with Crippen LogP contribution in [-0.4, -0.2) is 29.2 Å². The van der Waals surface area contributed by atoms with Gasteiger partial charge in [0.25, 0.3) is 0 Å². The SMILES string of the molecule is CC1(C)CCCC(C)(C)N1CC[CH-]B(c1c(F)c(F)c(F)c(F)c1F)c1c(F)c(F)c(F)c(F)c1F.[Li+]. The van der Waals surface area contributed by atoms with E-state index in [4.69, 9.17) is 0 Å². The Bertz CT molecular complexity index is 1040. The predicted molar refractivity (Wildman–Crippen MR) is 115 cm³/mol. The quantitative estimate of drug-likeness (QED) is 0.182. The van der Waals surface area contributed by atoms with Crippen molar-refractivity contribution in [1.82, 2.24) is 4.90 Å². The minimum Gasteiger partial charge on any atom is -0.339 e. The van der Waals surface area contributed by atoms with E-state index in [1.165, 1.54) is 0 Å². The van der Waals surface area contributed by atoms with Crippen LogP contribution < -0.4 is 29.8 Å². The van der Waals surface area contributed by atoms with Crippen LogP contribution in [0, 0.1) is 64.5 Å². The molecule has 13 heteroatoms. The van der Waals surface area contributed by atoms with E-state index < -0.39 is 75.8 Å². The van der Waals surface area contributed by atoms with E-state index in [1.807, 2.05) is 32.6 Å². The largest absolute Gasteiger partial charge is 1.00 e. The number of rotatable bonds is 6. The van der Waals surface area contributed by atoms with Crippen molar-refractivity contribution in [2.24, 2.45) is 0 Å². The first-order valence-corrected chi connectivity index (χ1v) is 11.2. The first-order valence-electron chi connectivity index (χ1n) is 11.2. The molecule has 0 aliphatic carbocycles. The fourth-order valence-corrected chi connectivity index (χ4v) is 5.19.